The number of hydrogen-bond acceptors (Lipinski definition) is 4. The fraction of sp³-hybridized carbons (Fsp3) is 0.286. The van der Waals surface area contributed by atoms with Crippen LogP contribution in [0, 0.1) is 5.92 Å². The lowest BCUT2D eigenvalue weighted by atomic mass is 9.95. The van der Waals surface area contributed by atoms with E-state index in [1.807, 2.05) is 18.2 Å². The van der Waals surface area contributed by atoms with Crippen LogP contribution >= 0.6 is 0 Å². The molecule has 0 saturated carbocycles. The Morgan fingerprint density at radius 2 is 1.59 bits per heavy atom. The largest absolute Gasteiger partial charge is 0.465 e. The van der Waals surface area contributed by atoms with E-state index in [2.05, 4.69) is 5.32 Å². The summed E-state index contributed by atoms with van der Waals surface area (Å²) in [5.41, 5.74) is 1.43. The van der Waals surface area contributed by atoms with E-state index in [9.17, 15) is 14.4 Å². The molecule has 140 valence electrons. The van der Waals surface area contributed by atoms with Crippen LogP contribution in [0.15, 0.2) is 54.6 Å². The molecule has 3 rings (SSSR count). The van der Waals surface area contributed by atoms with E-state index >= 15 is 0 Å². The van der Waals surface area contributed by atoms with Crippen molar-refractivity contribution in [3.63, 3.8) is 0 Å². The number of esters is 1. The van der Waals surface area contributed by atoms with Gasteiger partial charge in [0.25, 0.3) is 5.91 Å². The number of para-hydroxylation sites is 1. The smallest absolute Gasteiger partial charge is 0.339 e. The second kappa shape index (κ2) is 8.49. The van der Waals surface area contributed by atoms with Crippen LogP contribution in [0.25, 0.3) is 0 Å². The predicted octanol–water partition coefficient (Wildman–Crippen LogP) is 2.96. The van der Waals surface area contributed by atoms with E-state index < -0.39 is 5.97 Å². The minimum Gasteiger partial charge on any atom is -0.465 e. The number of nitrogens with zero attached hydrogens (tertiary/aromatic N) is 1. The van der Waals surface area contributed by atoms with Crippen molar-refractivity contribution >= 4 is 23.5 Å². The summed E-state index contributed by atoms with van der Waals surface area (Å²) in [6.07, 6.45) is 1.18. The van der Waals surface area contributed by atoms with Gasteiger partial charge in [0.2, 0.25) is 5.91 Å². The summed E-state index contributed by atoms with van der Waals surface area (Å²) in [6.45, 7) is 1.06. The first-order chi connectivity index (χ1) is 13.1. The number of nitrogens with one attached hydrogen (secondary N) is 1. The molecule has 1 aliphatic heterocycles. The Kier molecular flexibility index (Phi) is 5.86. The highest BCUT2D eigenvalue weighted by molar-refractivity contribution is 6.02. The Morgan fingerprint density at radius 3 is 2.26 bits per heavy atom. The molecular formula is C21H22N2O4. The molecule has 0 radical (unpaired) electrons. The summed E-state index contributed by atoms with van der Waals surface area (Å²) < 4.78 is 4.75. The third-order valence-electron chi connectivity index (χ3n) is 4.76. The standard InChI is InChI=1S/C21H22N2O4/c1-27-21(26)17-9-5-6-10-18(17)22-19(24)15-11-13-23(14-12-15)20(25)16-7-3-2-4-8-16/h2-10,15H,11-14H2,1H3,(H,22,24). The van der Waals surface area contributed by atoms with Crippen molar-refractivity contribution in [1.82, 2.24) is 4.90 Å². The lowest BCUT2D eigenvalue weighted by molar-refractivity contribution is -0.121. The summed E-state index contributed by atoms with van der Waals surface area (Å²) >= 11 is 0. The zero-order valence-corrected chi connectivity index (χ0v) is 15.2. The van der Waals surface area contributed by atoms with Crippen LogP contribution in [0.3, 0.4) is 0 Å². The summed E-state index contributed by atoms with van der Waals surface area (Å²) in [5.74, 6) is -0.839. The van der Waals surface area contributed by atoms with E-state index in [1.54, 1.807) is 41.3 Å². The summed E-state index contributed by atoms with van der Waals surface area (Å²) in [6, 6.07) is 15.9. The van der Waals surface area contributed by atoms with Gasteiger partial charge >= 0.3 is 5.97 Å². The molecule has 6 nitrogen and oxygen atoms in total. The number of carbonyl (C=O) groups excluding carboxylic acids is 3. The zero-order chi connectivity index (χ0) is 19.2. The average molecular weight is 366 g/mol. The maximum absolute atomic E-state index is 12.6. The number of benzene rings is 2. The van der Waals surface area contributed by atoms with Gasteiger partial charge < -0.3 is 15.0 Å². The predicted molar refractivity (Wildman–Crippen MR) is 101 cm³/mol. The number of likely N-dealkylation sites (tertiary alicyclic amines) is 1. The van der Waals surface area contributed by atoms with E-state index in [1.165, 1.54) is 7.11 Å². The van der Waals surface area contributed by atoms with E-state index in [4.69, 9.17) is 4.74 Å². The van der Waals surface area contributed by atoms with Crippen LogP contribution in [-0.4, -0.2) is 42.9 Å². The molecule has 2 aromatic carbocycles. The fourth-order valence-corrected chi connectivity index (χ4v) is 3.22. The van der Waals surface area contributed by atoms with Crippen LogP contribution in [0.2, 0.25) is 0 Å². The number of hydrogen-bond donors (Lipinski definition) is 1. The van der Waals surface area contributed by atoms with Gasteiger partial charge in [-0.2, -0.15) is 0 Å². The quantitative estimate of drug-likeness (QED) is 0.844. The molecule has 6 heteroatoms. The van der Waals surface area contributed by atoms with Crippen LogP contribution in [0.4, 0.5) is 5.69 Å². The highest BCUT2D eigenvalue weighted by atomic mass is 16.5. The molecular weight excluding hydrogens is 344 g/mol. The van der Waals surface area contributed by atoms with Crippen LogP contribution in [-0.2, 0) is 9.53 Å². The van der Waals surface area contributed by atoms with Crippen molar-refractivity contribution in [2.75, 3.05) is 25.5 Å². The Hall–Kier alpha value is -3.15. The van der Waals surface area contributed by atoms with Gasteiger partial charge in [-0.3, -0.25) is 9.59 Å². The highest BCUT2D eigenvalue weighted by Gasteiger charge is 2.28. The van der Waals surface area contributed by atoms with Crippen molar-refractivity contribution in [3.8, 4) is 0 Å². The number of methoxy groups -OCH3 is 1. The van der Waals surface area contributed by atoms with Gasteiger partial charge in [0.15, 0.2) is 0 Å². The fourth-order valence-electron chi connectivity index (χ4n) is 3.22. The molecule has 1 aliphatic rings. The molecule has 0 unspecified atom stereocenters. The molecule has 0 spiro atoms. The van der Waals surface area contributed by atoms with Gasteiger partial charge in [-0.15, -0.1) is 0 Å². The Bertz CT molecular complexity index is 827. The highest BCUT2D eigenvalue weighted by Crippen LogP contribution is 2.23. The SMILES string of the molecule is COC(=O)c1ccccc1NC(=O)C1CCN(C(=O)c2ccccc2)CC1. The Morgan fingerprint density at radius 1 is 0.963 bits per heavy atom. The maximum Gasteiger partial charge on any atom is 0.339 e. The maximum atomic E-state index is 12.6. The summed E-state index contributed by atoms with van der Waals surface area (Å²) in [5, 5.41) is 2.83. The average Bonchev–Trinajstić information content (AvgIpc) is 2.73. The molecule has 2 aromatic rings. The van der Waals surface area contributed by atoms with E-state index in [-0.39, 0.29) is 17.7 Å². The van der Waals surface area contributed by atoms with Gasteiger partial charge in [0.05, 0.1) is 18.4 Å². The summed E-state index contributed by atoms with van der Waals surface area (Å²) in [4.78, 5) is 38.7. The molecule has 1 fully saturated rings. The minimum atomic E-state index is -0.492. The second-order valence-corrected chi connectivity index (χ2v) is 6.46. The summed E-state index contributed by atoms with van der Waals surface area (Å²) in [7, 11) is 1.31. The van der Waals surface area contributed by atoms with Gasteiger partial charge in [0, 0.05) is 24.6 Å². The van der Waals surface area contributed by atoms with Gasteiger partial charge in [-0.1, -0.05) is 30.3 Å². The van der Waals surface area contributed by atoms with E-state index in [0.29, 0.717) is 42.7 Å². The second-order valence-electron chi connectivity index (χ2n) is 6.46. The molecule has 2 amide bonds. The van der Waals surface area contributed by atoms with E-state index in [0.717, 1.165) is 0 Å². The number of anilines is 1. The van der Waals surface area contributed by atoms with Gasteiger partial charge in [-0.05, 0) is 37.1 Å². The van der Waals surface area contributed by atoms with Crippen LogP contribution in [0.5, 0.6) is 0 Å². The van der Waals surface area contributed by atoms with Crippen molar-refractivity contribution in [2.45, 2.75) is 12.8 Å². The molecule has 0 aromatic heterocycles. The van der Waals surface area contributed by atoms with Gasteiger partial charge in [0.1, 0.15) is 0 Å². The molecule has 27 heavy (non-hydrogen) atoms. The molecule has 1 heterocycles. The number of carbonyl (C=O) groups is 3. The first-order valence-electron chi connectivity index (χ1n) is 8.92. The molecule has 0 atom stereocenters. The number of piperidine rings is 1. The Labute approximate surface area is 158 Å². The Balaban J connectivity index is 1.60. The first kappa shape index (κ1) is 18.6. The molecule has 0 aliphatic carbocycles. The number of ether oxygens (including phenoxy) is 1. The van der Waals surface area contributed by atoms with Crippen LogP contribution < -0.4 is 5.32 Å². The molecule has 1 saturated heterocycles. The van der Waals surface area contributed by atoms with Crippen molar-refractivity contribution < 1.29 is 19.1 Å². The first-order valence-corrected chi connectivity index (χ1v) is 8.92. The monoisotopic (exact) mass is 366 g/mol. The van der Waals surface area contributed by atoms with Gasteiger partial charge in [-0.25, -0.2) is 4.79 Å². The third-order valence-corrected chi connectivity index (χ3v) is 4.76. The third kappa shape index (κ3) is 4.34. The van der Waals surface area contributed by atoms with Crippen molar-refractivity contribution in [1.29, 1.82) is 0 Å². The number of amides is 2. The normalized spacial score (nSPS) is 14.5. The zero-order valence-electron chi connectivity index (χ0n) is 15.2. The lowest BCUT2D eigenvalue weighted by Crippen LogP contribution is -2.41. The number of rotatable bonds is 4. The minimum absolute atomic E-state index is 0.00880. The topological polar surface area (TPSA) is 75.7 Å². The molecule has 0 bridgehead atoms. The lowest BCUT2D eigenvalue weighted by Gasteiger charge is -2.31. The van der Waals surface area contributed by atoms with Crippen LogP contribution in [0.1, 0.15) is 33.6 Å². The molecule has 1 N–H and O–H groups in total. The van der Waals surface area contributed by atoms with Crippen molar-refractivity contribution in [3.05, 3.63) is 65.7 Å². The van der Waals surface area contributed by atoms with Crippen molar-refractivity contribution in [2.24, 2.45) is 5.92 Å².